The molecule has 1 aromatic heterocycles. The number of carbonyl (C=O) groups is 2. The monoisotopic (exact) mass is 618 g/mol. The maximum Gasteiger partial charge on any atom is 0.417 e. The molecule has 3 aromatic rings. The Morgan fingerprint density at radius 2 is 1.67 bits per heavy atom. The molecule has 0 spiro atoms. The first-order valence-corrected chi connectivity index (χ1v) is 14.3. The van der Waals surface area contributed by atoms with E-state index in [1.807, 2.05) is 24.0 Å². The molecule has 5 rings (SSSR count). The quantitative estimate of drug-likeness (QED) is 0.301. The number of benzene rings is 2. The van der Waals surface area contributed by atoms with Crippen LogP contribution in [0.5, 0.6) is 5.75 Å². The molecule has 2 atom stereocenters. The molecule has 2 aliphatic heterocycles. The van der Waals surface area contributed by atoms with Crippen LogP contribution in [0.3, 0.4) is 0 Å². The van der Waals surface area contributed by atoms with E-state index >= 15 is 0 Å². The van der Waals surface area contributed by atoms with Gasteiger partial charge in [-0.25, -0.2) is 14.2 Å². The number of anilines is 1. The van der Waals surface area contributed by atoms with E-state index in [4.69, 9.17) is 16.3 Å². The summed E-state index contributed by atoms with van der Waals surface area (Å²) in [5, 5.41) is 0.565. The fourth-order valence-corrected chi connectivity index (χ4v) is 6.01. The maximum atomic E-state index is 13.8. The lowest BCUT2D eigenvalue weighted by Gasteiger charge is -2.39. The van der Waals surface area contributed by atoms with Gasteiger partial charge in [-0.3, -0.25) is 4.79 Å². The van der Waals surface area contributed by atoms with Crippen molar-refractivity contribution in [1.29, 1.82) is 0 Å². The molecule has 0 radical (unpaired) electrons. The maximum absolute atomic E-state index is 13.8. The minimum absolute atomic E-state index is 0.0389. The standard InChI is InChI=1S/C31H31ClF4N4O3/c1-30(38(2)29(42)43-25-10-8-24(33)9-11-25)19-40(18-26(30)20-3-6-23(32)7-4-20)28(41)21-13-15-39(16-14-21)27-12-5-22(17-37-27)31(34,35)36/h3-12,17,21,26H,13-16,18-19H2,1-2H3/t26-,30+/m1/s1. The number of amides is 2. The largest absolute Gasteiger partial charge is 0.417 e. The number of pyridine rings is 1. The van der Waals surface area contributed by atoms with Gasteiger partial charge < -0.3 is 19.4 Å². The molecule has 2 aromatic carbocycles. The molecule has 0 saturated carbocycles. The van der Waals surface area contributed by atoms with Gasteiger partial charge in [-0.2, -0.15) is 13.2 Å². The minimum atomic E-state index is -4.45. The van der Waals surface area contributed by atoms with E-state index in [9.17, 15) is 27.2 Å². The molecule has 228 valence electrons. The van der Waals surface area contributed by atoms with Gasteiger partial charge in [-0.1, -0.05) is 23.7 Å². The Hall–Kier alpha value is -3.86. The lowest BCUT2D eigenvalue weighted by molar-refractivity contribution is -0.138. The normalized spacial score (nSPS) is 21.1. The minimum Gasteiger partial charge on any atom is -0.410 e. The third kappa shape index (κ3) is 6.56. The molecule has 0 bridgehead atoms. The van der Waals surface area contributed by atoms with Crippen molar-refractivity contribution in [3.05, 3.63) is 88.8 Å². The summed E-state index contributed by atoms with van der Waals surface area (Å²) in [5.74, 6) is -0.384. The number of carbonyl (C=O) groups excluding carboxylic acids is 2. The predicted molar refractivity (Wildman–Crippen MR) is 154 cm³/mol. The van der Waals surface area contributed by atoms with E-state index in [1.54, 1.807) is 24.1 Å². The highest BCUT2D eigenvalue weighted by atomic mass is 35.5. The van der Waals surface area contributed by atoms with Gasteiger partial charge in [0.25, 0.3) is 0 Å². The fourth-order valence-electron chi connectivity index (χ4n) is 5.88. The molecular formula is C31H31ClF4N4O3. The Kier molecular flexibility index (Phi) is 8.56. The lowest BCUT2D eigenvalue weighted by Crippen LogP contribution is -2.53. The van der Waals surface area contributed by atoms with Gasteiger partial charge in [0.15, 0.2) is 0 Å². The van der Waals surface area contributed by atoms with Crippen LogP contribution in [0.4, 0.5) is 28.2 Å². The lowest BCUT2D eigenvalue weighted by atomic mass is 9.82. The number of alkyl halides is 3. The zero-order valence-electron chi connectivity index (χ0n) is 23.7. The summed E-state index contributed by atoms with van der Waals surface area (Å²) in [6.07, 6.45) is -3.23. The van der Waals surface area contributed by atoms with Crippen LogP contribution < -0.4 is 9.64 Å². The number of likely N-dealkylation sites (N-methyl/N-ethyl adjacent to an activating group) is 1. The average molecular weight is 619 g/mol. The van der Waals surface area contributed by atoms with Crippen molar-refractivity contribution in [2.24, 2.45) is 5.92 Å². The Morgan fingerprint density at radius 3 is 2.26 bits per heavy atom. The number of nitrogens with zero attached hydrogens (tertiary/aromatic N) is 4. The summed E-state index contributed by atoms with van der Waals surface area (Å²) in [5.41, 5.74) is -0.738. The number of halogens is 5. The summed E-state index contributed by atoms with van der Waals surface area (Å²) in [6, 6.07) is 14.8. The molecule has 2 amide bonds. The highest BCUT2D eigenvalue weighted by Crippen LogP contribution is 2.41. The fraction of sp³-hybridized carbons (Fsp3) is 0.387. The second-order valence-electron chi connectivity index (χ2n) is 11.2. The van der Waals surface area contributed by atoms with Crippen molar-refractivity contribution < 1.29 is 31.9 Å². The number of hydrogen-bond donors (Lipinski definition) is 0. The highest BCUT2D eigenvalue weighted by Gasteiger charge is 2.51. The van der Waals surface area contributed by atoms with Crippen LogP contribution in [-0.4, -0.2) is 65.5 Å². The summed E-state index contributed by atoms with van der Waals surface area (Å²) in [6.45, 7) is 3.49. The number of likely N-dealkylation sites (tertiary alicyclic amines) is 1. The van der Waals surface area contributed by atoms with Gasteiger partial charge in [0.05, 0.1) is 11.1 Å². The van der Waals surface area contributed by atoms with Crippen molar-refractivity contribution in [2.75, 3.05) is 38.1 Å². The van der Waals surface area contributed by atoms with E-state index < -0.39 is 29.2 Å². The molecule has 3 heterocycles. The molecule has 0 aliphatic carbocycles. The predicted octanol–water partition coefficient (Wildman–Crippen LogP) is 6.62. The van der Waals surface area contributed by atoms with Gasteiger partial charge in [0.2, 0.25) is 5.91 Å². The first-order valence-electron chi connectivity index (χ1n) is 13.9. The molecule has 2 aliphatic rings. The Balaban J connectivity index is 1.29. The van der Waals surface area contributed by atoms with E-state index in [0.29, 0.717) is 43.3 Å². The Bertz CT molecular complexity index is 1450. The number of piperidine rings is 1. The number of rotatable bonds is 5. The first kappa shape index (κ1) is 30.6. The smallest absolute Gasteiger partial charge is 0.410 e. The number of hydrogen-bond acceptors (Lipinski definition) is 5. The molecule has 12 heteroatoms. The van der Waals surface area contributed by atoms with Crippen LogP contribution in [-0.2, 0) is 11.0 Å². The summed E-state index contributed by atoms with van der Waals surface area (Å²) >= 11 is 6.13. The first-order chi connectivity index (χ1) is 20.3. The topological polar surface area (TPSA) is 66.0 Å². The van der Waals surface area contributed by atoms with Crippen molar-refractivity contribution in [3.8, 4) is 5.75 Å². The Labute approximate surface area is 252 Å². The number of ether oxygens (including phenoxy) is 1. The highest BCUT2D eigenvalue weighted by molar-refractivity contribution is 6.30. The summed E-state index contributed by atoms with van der Waals surface area (Å²) in [4.78, 5) is 36.2. The second kappa shape index (κ2) is 12.0. The molecule has 0 unspecified atom stereocenters. The van der Waals surface area contributed by atoms with Crippen LogP contribution in [0.2, 0.25) is 5.02 Å². The van der Waals surface area contributed by atoms with Crippen LogP contribution in [0.25, 0.3) is 0 Å². The van der Waals surface area contributed by atoms with Crippen LogP contribution in [0.1, 0.15) is 36.8 Å². The van der Waals surface area contributed by atoms with Crippen molar-refractivity contribution in [1.82, 2.24) is 14.8 Å². The van der Waals surface area contributed by atoms with Crippen molar-refractivity contribution in [2.45, 2.75) is 37.4 Å². The third-order valence-electron chi connectivity index (χ3n) is 8.55. The molecule has 2 saturated heterocycles. The zero-order chi connectivity index (χ0) is 30.9. The van der Waals surface area contributed by atoms with Gasteiger partial charge >= 0.3 is 12.3 Å². The van der Waals surface area contributed by atoms with E-state index in [1.165, 1.54) is 35.2 Å². The summed E-state index contributed by atoms with van der Waals surface area (Å²) in [7, 11) is 1.62. The molecule has 7 nitrogen and oxygen atoms in total. The van der Waals surface area contributed by atoms with E-state index in [-0.39, 0.29) is 30.0 Å². The molecule has 2 fully saturated rings. The molecular weight excluding hydrogens is 588 g/mol. The zero-order valence-corrected chi connectivity index (χ0v) is 24.4. The van der Waals surface area contributed by atoms with Crippen LogP contribution in [0, 0.1) is 11.7 Å². The van der Waals surface area contributed by atoms with Gasteiger partial charge in [0.1, 0.15) is 17.4 Å². The SMILES string of the molecule is CN(C(=O)Oc1ccc(F)cc1)[C@@]1(C)CN(C(=O)C2CCN(c3ccc(C(F)(F)F)cn3)CC2)C[C@@H]1c1ccc(Cl)cc1. The van der Waals surface area contributed by atoms with Gasteiger partial charge in [0, 0.05) is 56.3 Å². The number of aromatic nitrogens is 1. The average Bonchev–Trinajstić information content (AvgIpc) is 3.36. The van der Waals surface area contributed by atoms with Gasteiger partial charge in [-0.15, -0.1) is 0 Å². The van der Waals surface area contributed by atoms with Crippen molar-refractivity contribution in [3.63, 3.8) is 0 Å². The second-order valence-corrected chi connectivity index (χ2v) is 11.7. The van der Waals surface area contributed by atoms with Gasteiger partial charge in [-0.05, 0) is 73.9 Å². The molecule has 43 heavy (non-hydrogen) atoms. The van der Waals surface area contributed by atoms with Crippen LogP contribution >= 0.6 is 11.6 Å². The summed E-state index contributed by atoms with van der Waals surface area (Å²) < 4.78 is 57.6. The van der Waals surface area contributed by atoms with Crippen LogP contribution in [0.15, 0.2) is 66.9 Å². The molecule has 0 N–H and O–H groups in total. The van der Waals surface area contributed by atoms with E-state index in [0.717, 1.165) is 17.8 Å². The third-order valence-corrected chi connectivity index (χ3v) is 8.80. The Morgan fingerprint density at radius 1 is 1.02 bits per heavy atom. The van der Waals surface area contributed by atoms with Crippen molar-refractivity contribution >= 4 is 29.4 Å². The van der Waals surface area contributed by atoms with E-state index in [2.05, 4.69) is 4.98 Å².